The SMILES string of the molecule is CC(O)N(c1ccc(/C=C/c2ccc([N+](=O)[O-])cc2)cc1)C(C)O. The first-order valence-electron chi connectivity index (χ1n) is 7.55. The number of benzene rings is 2. The fourth-order valence-corrected chi connectivity index (χ4v) is 2.40. The molecule has 126 valence electrons. The van der Waals surface area contributed by atoms with E-state index in [0.29, 0.717) is 5.69 Å². The summed E-state index contributed by atoms with van der Waals surface area (Å²) >= 11 is 0. The summed E-state index contributed by atoms with van der Waals surface area (Å²) in [6.07, 6.45) is 2.15. The Kier molecular flexibility index (Phi) is 5.68. The molecular weight excluding hydrogens is 308 g/mol. The van der Waals surface area contributed by atoms with Crippen molar-refractivity contribution in [2.24, 2.45) is 0 Å². The highest BCUT2D eigenvalue weighted by Gasteiger charge is 2.16. The van der Waals surface area contributed by atoms with Gasteiger partial charge in [0.05, 0.1) is 4.92 Å². The van der Waals surface area contributed by atoms with Crippen molar-refractivity contribution in [1.82, 2.24) is 0 Å². The first kappa shape index (κ1) is 17.7. The quantitative estimate of drug-likeness (QED) is 0.368. The predicted molar refractivity (Wildman–Crippen MR) is 94.3 cm³/mol. The zero-order chi connectivity index (χ0) is 17.7. The lowest BCUT2D eigenvalue weighted by Crippen LogP contribution is -2.40. The highest BCUT2D eigenvalue weighted by molar-refractivity contribution is 5.71. The Morgan fingerprint density at radius 2 is 1.33 bits per heavy atom. The molecule has 2 unspecified atom stereocenters. The van der Waals surface area contributed by atoms with Crippen LogP contribution in [0.3, 0.4) is 0 Å². The first-order valence-corrected chi connectivity index (χ1v) is 7.55. The summed E-state index contributed by atoms with van der Waals surface area (Å²) in [7, 11) is 0. The molecule has 0 fully saturated rings. The second kappa shape index (κ2) is 7.72. The molecule has 0 aliphatic heterocycles. The van der Waals surface area contributed by atoms with Gasteiger partial charge in [-0.3, -0.25) is 10.1 Å². The molecule has 2 aromatic rings. The zero-order valence-electron chi connectivity index (χ0n) is 13.5. The molecule has 2 atom stereocenters. The molecular formula is C18H20N2O4. The molecule has 0 heterocycles. The minimum atomic E-state index is -0.800. The molecule has 0 spiro atoms. The Bertz CT molecular complexity index is 699. The molecule has 0 saturated carbocycles. The fraction of sp³-hybridized carbons (Fsp3) is 0.222. The summed E-state index contributed by atoms with van der Waals surface area (Å²) < 4.78 is 0. The van der Waals surface area contributed by atoms with Gasteiger partial charge in [-0.2, -0.15) is 0 Å². The molecule has 0 aromatic heterocycles. The van der Waals surface area contributed by atoms with Crippen molar-refractivity contribution in [3.8, 4) is 0 Å². The number of aliphatic hydroxyl groups excluding tert-OH is 2. The molecule has 6 nitrogen and oxygen atoms in total. The van der Waals surface area contributed by atoms with E-state index in [1.165, 1.54) is 17.0 Å². The second-order valence-corrected chi connectivity index (χ2v) is 5.44. The number of anilines is 1. The molecule has 0 aliphatic carbocycles. The molecule has 0 saturated heterocycles. The number of hydrogen-bond donors (Lipinski definition) is 2. The highest BCUT2D eigenvalue weighted by Crippen LogP contribution is 2.20. The maximum atomic E-state index is 10.6. The van der Waals surface area contributed by atoms with E-state index < -0.39 is 17.4 Å². The van der Waals surface area contributed by atoms with Crippen LogP contribution in [-0.2, 0) is 0 Å². The van der Waals surface area contributed by atoms with Gasteiger partial charge in [-0.25, -0.2) is 0 Å². The molecule has 6 heteroatoms. The summed E-state index contributed by atoms with van der Waals surface area (Å²) in [4.78, 5) is 11.7. The van der Waals surface area contributed by atoms with Crippen molar-refractivity contribution < 1.29 is 15.1 Å². The average Bonchev–Trinajstić information content (AvgIpc) is 2.54. The Hall–Kier alpha value is -2.70. The second-order valence-electron chi connectivity index (χ2n) is 5.44. The normalized spacial score (nSPS) is 13.7. The lowest BCUT2D eigenvalue weighted by Gasteiger charge is -2.30. The van der Waals surface area contributed by atoms with E-state index in [1.54, 1.807) is 26.0 Å². The summed E-state index contributed by atoms with van der Waals surface area (Å²) in [5.41, 5.74) is 2.58. The van der Waals surface area contributed by atoms with E-state index in [9.17, 15) is 20.3 Å². The maximum absolute atomic E-state index is 10.6. The van der Waals surface area contributed by atoms with Crippen LogP contribution in [-0.4, -0.2) is 27.6 Å². The number of aliphatic hydroxyl groups is 2. The van der Waals surface area contributed by atoms with Gasteiger partial charge in [-0.05, 0) is 49.2 Å². The van der Waals surface area contributed by atoms with Gasteiger partial charge in [0.15, 0.2) is 0 Å². The van der Waals surface area contributed by atoms with Crippen molar-refractivity contribution in [2.45, 2.75) is 26.3 Å². The van der Waals surface area contributed by atoms with Gasteiger partial charge in [0.2, 0.25) is 0 Å². The minimum Gasteiger partial charge on any atom is -0.374 e. The smallest absolute Gasteiger partial charge is 0.269 e. The third kappa shape index (κ3) is 4.41. The van der Waals surface area contributed by atoms with Crippen molar-refractivity contribution in [1.29, 1.82) is 0 Å². The number of nitro benzene ring substituents is 1. The monoisotopic (exact) mass is 328 g/mol. The number of nitro groups is 1. The van der Waals surface area contributed by atoms with E-state index in [2.05, 4.69) is 0 Å². The number of non-ortho nitro benzene ring substituents is 1. The molecule has 0 amide bonds. The molecule has 2 rings (SSSR count). The van der Waals surface area contributed by atoms with Crippen LogP contribution in [0, 0.1) is 10.1 Å². The highest BCUT2D eigenvalue weighted by atomic mass is 16.6. The first-order chi connectivity index (χ1) is 11.4. The van der Waals surface area contributed by atoms with E-state index in [4.69, 9.17) is 0 Å². The van der Waals surface area contributed by atoms with E-state index >= 15 is 0 Å². The van der Waals surface area contributed by atoms with Crippen molar-refractivity contribution in [3.63, 3.8) is 0 Å². The lowest BCUT2D eigenvalue weighted by molar-refractivity contribution is -0.384. The molecule has 24 heavy (non-hydrogen) atoms. The maximum Gasteiger partial charge on any atom is 0.269 e. The minimum absolute atomic E-state index is 0.0628. The number of nitrogens with zero attached hydrogens (tertiary/aromatic N) is 2. The fourth-order valence-electron chi connectivity index (χ4n) is 2.40. The Labute approximate surface area is 140 Å². The van der Waals surface area contributed by atoms with Crippen LogP contribution in [0.5, 0.6) is 0 Å². The topological polar surface area (TPSA) is 86.8 Å². The van der Waals surface area contributed by atoms with Crippen LogP contribution in [0.15, 0.2) is 48.5 Å². The predicted octanol–water partition coefficient (Wildman–Crippen LogP) is 3.25. The van der Waals surface area contributed by atoms with Crippen LogP contribution in [0.1, 0.15) is 25.0 Å². The van der Waals surface area contributed by atoms with Gasteiger partial charge >= 0.3 is 0 Å². The summed E-state index contributed by atoms with van der Waals surface area (Å²) in [5.74, 6) is 0. The van der Waals surface area contributed by atoms with Crippen molar-refractivity contribution in [2.75, 3.05) is 4.90 Å². The van der Waals surface area contributed by atoms with Gasteiger partial charge < -0.3 is 15.1 Å². The van der Waals surface area contributed by atoms with Crippen LogP contribution < -0.4 is 4.90 Å². The van der Waals surface area contributed by atoms with Crippen LogP contribution in [0.2, 0.25) is 0 Å². The third-order valence-electron chi connectivity index (χ3n) is 3.57. The van der Waals surface area contributed by atoms with E-state index in [-0.39, 0.29) is 5.69 Å². The van der Waals surface area contributed by atoms with E-state index in [0.717, 1.165) is 11.1 Å². The summed E-state index contributed by atoms with van der Waals surface area (Å²) in [5, 5.41) is 30.1. The lowest BCUT2D eigenvalue weighted by atomic mass is 10.1. The molecule has 0 radical (unpaired) electrons. The average molecular weight is 328 g/mol. The third-order valence-corrected chi connectivity index (χ3v) is 3.57. The Morgan fingerprint density at radius 3 is 1.71 bits per heavy atom. The molecule has 0 aliphatic rings. The zero-order valence-corrected chi connectivity index (χ0v) is 13.5. The molecule has 2 aromatic carbocycles. The van der Waals surface area contributed by atoms with Crippen molar-refractivity contribution in [3.05, 3.63) is 69.8 Å². The largest absolute Gasteiger partial charge is 0.374 e. The summed E-state index contributed by atoms with van der Waals surface area (Å²) in [6.45, 7) is 3.18. The number of rotatable bonds is 6. The van der Waals surface area contributed by atoms with Gasteiger partial charge in [-0.15, -0.1) is 0 Å². The van der Waals surface area contributed by atoms with Crippen LogP contribution in [0.25, 0.3) is 12.2 Å². The molecule has 2 N–H and O–H groups in total. The van der Waals surface area contributed by atoms with Gasteiger partial charge in [0, 0.05) is 17.8 Å². The standard InChI is InChI=1S/C18H20N2O4/c1-13(21)19(14(2)22)17-9-5-15(6-10-17)3-4-16-7-11-18(12-8-16)20(23)24/h3-14,21-22H,1-2H3/b4-3+. The van der Waals surface area contributed by atoms with Crippen molar-refractivity contribution >= 4 is 23.5 Å². The van der Waals surface area contributed by atoms with Crippen LogP contribution in [0.4, 0.5) is 11.4 Å². The van der Waals surface area contributed by atoms with Gasteiger partial charge in [-0.1, -0.05) is 24.3 Å². The Morgan fingerprint density at radius 1 is 0.917 bits per heavy atom. The molecule has 0 bridgehead atoms. The van der Waals surface area contributed by atoms with Crippen LogP contribution >= 0.6 is 0 Å². The number of hydrogen-bond acceptors (Lipinski definition) is 5. The van der Waals surface area contributed by atoms with E-state index in [1.807, 2.05) is 36.4 Å². The van der Waals surface area contributed by atoms with Gasteiger partial charge in [0.1, 0.15) is 12.5 Å². The Balaban J connectivity index is 2.12. The summed E-state index contributed by atoms with van der Waals surface area (Å²) in [6, 6.07) is 13.7. The van der Waals surface area contributed by atoms with Gasteiger partial charge in [0.25, 0.3) is 5.69 Å².